The Hall–Kier alpha value is -1.62. The van der Waals surface area contributed by atoms with Crippen LogP contribution in [-0.2, 0) is 0 Å². The Labute approximate surface area is 107 Å². The SMILES string of the molecule is CN(c1ccc(F)cc1)c1c(N)cncc1Br. The molecular weight excluding hydrogens is 285 g/mol. The van der Waals surface area contributed by atoms with Gasteiger partial charge in [0, 0.05) is 18.9 Å². The quantitative estimate of drug-likeness (QED) is 0.924. The fraction of sp³-hybridized carbons (Fsp3) is 0.0833. The minimum absolute atomic E-state index is 0.260. The standard InChI is InChI=1S/C12H11BrFN3/c1-17(9-4-2-8(14)3-5-9)12-10(13)6-16-7-11(12)15/h2-7H,15H2,1H3. The first-order chi connectivity index (χ1) is 8.09. The maximum absolute atomic E-state index is 12.8. The van der Waals surface area contributed by atoms with Gasteiger partial charge in [-0.2, -0.15) is 0 Å². The summed E-state index contributed by atoms with van der Waals surface area (Å²) in [5.41, 5.74) is 8.11. The molecule has 0 radical (unpaired) electrons. The van der Waals surface area contributed by atoms with Gasteiger partial charge in [0.05, 0.1) is 22.0 Å². The van der Waals surface area contributed by atoms with Crippen LogP contribution in [0.3, 0.4) is 0 Å². The van der Waals surface area contributed by atoms with Crippen LogP contribution < -0.4 is 10.6 Å². The average Bonchev–Trinajstić information content (AvgIpc) is 2.29. The largest absolute Gasteiger partial charge is 0.396 e. The molecule has 1 heterocycles. The second kappa shape index (κ2) is 4.71. The van der Waals surface area contributed by atoms with E-state index in [1.165, 1.54) is 12.1 Å². The Morgan fingerprint density at radius 3 is 2.47 bits per heavy atom. The predicted molar refractivity (Wildman–Crippen MR) is 70.8 cm³/mol. The number of rotatable bonds is 2. The molecule has 0 aliphatic carbocycles. The van der Waals surface area contributed by atoms with Crippen molar-refractivity contribution in [3.05, 3.63) is 46.9 Å². The van der Waals surface area contributed by atoms with Crippen LogP contribution in [0.4, 0.5) is 21.5 Å². The molecule has 0 saturated heterocycles. The first kappa shape index (κ1) is 11.9. The number of pyridine rings is 1. The number of nitrogen functional groups attached to an aromatic ring is 1. The van der Waals surface area contributed by atoms with Gasteiger partial charge in [0.1, 0.15) is 5.82 Å². The molecule has 17 heavy (non-hydrogen) atoms. The van der Waals surface area contributed by atoms with Gasteiger partial charge in [0.25, 0.3) is 0 Å². The molecule has 0 aliphatic rings. The first-order valence-electron chi connectivity index (χ1n) is 4.98. The summed E-state index contributed by atoms with van der Waals surface area (Å²) in [6.07, 6.45) is 3.26. The predicted octanol–water partition coefficient (Wildman–Crippen LogP) is 3.33. The molecule has 0 aliphatic heterocycles. The van der Waals surface area contributed by atoms with Gasteiger partial charge in [-0.15, -0.1) is 0 Å². The van der Waals surface area contributed by atoms with Gasteiger partial charge in [-0.3, -0.25) is 4.98 Å². The number of aromatic nitrogens is 1. The van der Waals surface area contributed by atoms with E-state index in [-0.39, 0.29) is 5.82 Å². The lowest BCUT2D eigenvalue weighted by Gasteiger charge is -2.22. The monoisotopic (exact) mass is 295 g/mol. The zero-order valence-electron chi connectivity index (χ0n) is 9.19. The average molecular weight is 296 g/mol. The number of nitrogens with two attached hydrogens (primary N) is 1. The summed E-state index contributed by atoms with van der Waals surface area (Å²) >= 11 is 3.40. The Morgan fingerprint density at radius 2 is 1.88 bits per heavy atom. The van der Waals surface area contributed by atoms with Gasteiger partial charge in [-0.05, 0) is 40.2 Å². The minimum Gasteiger partial charge on any atom is -0.396 e. The van der Waals surface area contributed by atoms with E-state index in [9.17, 15) is 4.39 Å². The maximum atomic E-state index is 12.8. The molecule has 0 fully saturated rings. The Bertz CT molecular complexity index is 508. The number of nitrogens with zero attached hydrogens (tertiary/aromatic N) is 2. The molecule has 5 heteroatoms. The Kier molecular flexibility index (Phi) is 3.28. The summed E-state index contributed by atoms with van der Waals surface area (Å²) in [5, 5.41) is 0. The van der Waals surface area contributed by atoms with Crippen LogP contribution in [0.1, 0.15) is 0 Å². The molecule has 0 saturated carbocycles. The maximum Gasteiger partial charge on any atom is 0.123 e. The fourth-order valence-corrected chi connectivity index (χ4v) is 2.20. The molecule has 0 atom stereocenters. The van der Waals surface area contributed by atoms with Crippen molar-refractivity contribution in [1.82, 2.24) is 4.98 Å². The number of hydrogen-bond donors (Lipinski definition) is 1. The van der Waals surface area contributed by atoms with Crippen molar-refractivity contribution in [2.24, 2.45) is 0 Å². The second-order valence-corrected chi connectivity index (χ2v) is 4.45. The van der Waals surface area contributed by atoms with Crippen molar-refractivity contribution in [2.45, 2.75) is 0 Å². The van der Waals surface area contributed by atoms with Crippen molar-refractivity contribution in [2.75, 3.05) is 17.7 Å². The topological polar surface area (TPSA) is 42.1 Å². The van der Waals surface area contributed by atoms with Gasteiger partial charge in [-0.1, -0.05) is 0 Å². The fourth-order valence-electron chi connectivity index (χ4n) is 1.59. The molecule has 2 N–H and O–H groups in total. The van der Waals surface area contributed by atoms with Crippen LogP contribution in [0.25, 0.3) is 0 Å². The van der Waals surface area contributed by atoms with E-state index in [4.69, 9.17) is 5.73 Å². The van der Waals surface area contributed by atoms with Crippen LogP contribution >= 0.6 is 15.9 Å². The molecule has 0 spiro atoms. The van der Waals surface area contributed by atoms with Crippen molar-refractivity contribution in [3.8, 4) is 0 Å². The molecule has 1 aromatic heterocycles. The van der Waals surface area contributed by atoms with Crippen molar-refractivity contribution >= 4 is 33.0 Å². The summed E-state index contributed by atoms with van der Waals surface area (Å²) in [7, 11) is 1.86. The van der Waals surface area contributed by atoms with Gasteiger partial charge >= 0.3 is 0 Å². The molecule has 0 amide bonds. The van der Waals surface area contributed by atoms with E-state index in [0.29, 0.717) is 5.69 Å². The number of halogens is 2. The number of benzene rings is 1. The third-order valence-electron chi connectivity index (χ3n) is 2.45. The molecule has 0 bridgehead atoms. The van der Waals surface area contributed by atoms with Gasteiger partial charge in [0.2, 0.25) is 0 Å². The molecule has 2 aromatic rings. The molecular formula is C12H11BrFN3. The summed E-state index contributed by atoms with van der Waals surface area (Å²) in [6.45, 7) is 0. The van der Waals surface area contributed by atoms with Crippen molar-refractivity contribution in [1.29, 1.82) is 0 Å². The van der Waals surface area contributed by atoms with Gasteiger partial charge in [0.15, 0.2) is 0 Å². The molecule has 3 nitrogen and oxygen atoms in total. The highest BCUT2D eigenvalue weighted by molar-refractivity contribution is 9.10. The number of hydrogen-bond acceptors (Lipinski definition) is 3. The van der Waals surface area contributed by atoms with Gasteiger partial charge < -0.3 is 10.6 Å². The highest BCUT2D eigenvalue weighted by atomic mass is 79.9. The van der Waals surface area contributed by atoms with E-state index in [1.807, 2.05) is 11.9 Å². The molecule has 1 aromatic carbocycles. The summed E-state index contributed by atoms with van der Waals surface area (Å²) in [4.78, 5) is 5.85. The zero-order valence-corrected chi connectivity index (χ0v) is 10.8. The lowest BCUT2D eigenvalue weighted by molar-refractivity contribution is 0.628. The van der Waals surface area contributed by atoms with E-state index < -0.39 is 0 Å². The normalized spacial score (nSPS) is 10.3. The third kappa shape index (κ3) is 2.39. The first-order valence-corrected chi connectivity index (χ1v) is 5.77. The molecule has 2 rings (SSSR count). The van der Waals surface area contributed by atoms with Gasteiger partial charge in [-0.25, -0.2) is 4.39 Å². The zero-order chi connectivity index (χ0) is 12.4. The van der Waals surface area contributed by atoms with E-state index >= 15 is 0 Å². The highest BCUT2D eigenvalue weighted by Crippen LogP contribution is 2.34. The van der Waals surface area contributed by atoms with E-state index in [0.717, 1.165) is 15.8 Å². The summed E-state index contributed by atoms with van der Waals surface area (Å²) in [6, 6.07) is 6.22. The van der Waals surface area contributed by atoms with E-state index in [2.05, 4.69) is 20.9 Å². The second-order valence-electron chi connectivity index (χ2n) is 3.59. The highest BCUT2D eigenvalue weighted by Gasteiger charge is 2.11. The lowest BCUT2D eigenvalue weighted by Crippen LogP contribution is -2.12. The Balaban J connectivity index is 2.43. The van der Waals surface area contributed by atoms with Crippen LogP contribution in [0.2, 0.25) is 0 Å². The molecule has 0 unspecified atom stereocenters. The Morgan fingerprint density at radius 1 is 1.24 bits per heavy atom. The van der Waals surface area contributed by atoms with Crippen LogP contribution in [0, 0.1) is 5.82 Å². The van der Waals surface area contributed by atoms with Crippen LogP contribution in [0.5, 0.6) is 0 Å². The summed E-state index contributed by atoms with van der Waals surface area (Å²) < 4.78 is 13.6. The van der Waals surface area contributed by atoms with Crippen molar-refractivity contribution < 1.29 is 4.39 Å². The van der Waals surface area contributed by atoms with Crippen LogP contribution in [-0.4, -0.2) is 12.0 Å². The smallest absolute Gasteiger partial charge is 0.123 e. The summed E-state index contributed by atoms with van der Waals surface area (Å²) in [5.74, 6) is -0.260. The molecule has 88 valence electrons. The van der Waals surface area contributed by atoms with Crippen LogP contribution in [0.15, 0.2) is 41.1 Å². The minimum atomic E-state index is -0.260. The van der Waals surface area contributed by atoms with Crippen molar-refractivity contribution in [3.63, 3.8) is 0 Å². The number of anilines is 3. The third-order valence-corrected chi connectivity index (χ3v) is 3.03. The lowest BCUT2D eigenvalue weighted by atomic mass is 10.2. The van der Waals surface area contributed by atoms with E-state index in [1.54, 1.807) is 24.5 Å².